The summed E-state index contributed by atoms with van der Waals surface area (Å²) in [5, 5.41) is 14.5. The van der Waals surface area contributed by atoms with Gasteiger partial charge in [-0.3, -0.25) is 10.1 Å². The van der Waals surface area contributed by atoms with Gasteiger partial charge in [0.2, 0.25) is 16.8 Å². The van der Waals surface area contributed by atoms with Crippen LogP contribution in [-0.4, -0.2) is 37.5 Å². The summed E-state index contributed by atoms with van der Waals surface area (Å²) in [6.45, 7) is 1.00. The second-order valence-corrected chi connectivity index (χ2v) is 8.18. The van der Waals surface area contributed by atoms with Gasteiger partial charge in [0, 0.05) is 30.9 Å². The van der Waals surface area contributed by atoms with E-state index in [1.165, 1.54) is 16.4 Å². The Balaban J connectivity index is 1.66. The maximum absolute atomic E-state index is 12.7. The van der Waals surface area contributed by atoms with Crippen molar-refractivity contribution in [3.8, 4) is 11.5 Å². The minimum atomic E-state index is -3.73. The first-order valence-corrected chi connectivity index (χ1v) is 9.84. The van der Waals surface area contributed by atoms with Crippen molar-refractivity contribution in [2.75, 3.05) is 25.2 Å². The summed E-state index contributed by atoms with van der Waals surface area (Å²) in [5.74, 6) is 1.14. The molecule has 0 aliphatic carbocycles. The van der Waals surface area contributed by atoms with Gasteiger partial charge in [-0.05, 0) is 37.1 Å². The van der Waals surface area contributed by atoms with Crippen LogP contribution in [0.3, 0.4) is 0 Å². The fraction of sp³-hybridized carbons (Fsp3) is 0.294. The molecule has 0 amide bonds. The number of benzene rings is 2. The largest absolute Gasteiger partial charge is 0.454 e. The van der Waals surface area contributed by atoms with Crippen LogP contribution in [0.1, 0.15) is 12.8 Å². The number of nitrogens with one attached hydrogen (secondary N) is 1. The monoisotopic (exact) mass is 391 g/mol. The van der Waals surface area contributed by atoms with Crippen molar-refractivity contribution in [1.29, 1.82) is 0 Å². The van der Waals surface area contributed by atoms with Crippen LogP contribution in [0.2, 0.25) is 0 Å². The lowest BCUT2D eigenvalue weighted by atomic mass is 10.2. The SMILES string of the molecule is O=[N+]([O-])c1cc(S(=O)(=O)N2CCCC2)ccc1Nc1ccc2c(c1)OCO2. The fourth-order valence-electron chi connectivity index (χ4n) is 3.14. The predicted molar refractivity (Wildman–Crippen MR) is 96.9 cm³/mol. The van der Waals surface area contributed by atoms with Crippen LogP contribution in [0.15, 0.2) is 41.3 Å². The lowest BCUT2D eigenvalue weighted by Crippen LogP contribution is -2.27. The second kappa shape index (κ2) is 6.71. The first kappa shape index (κ1) is 17.6. The Hall–Kier alpha value is -2.85. The van der Waals surface area contributed by atoms with E-state index in [2.05, 4.69) is 5.32 Å². The molecule has 2 aromatic rings. The van der Waals surface area contributed by atoms with E-state index >= 15 is 0 Å². The Morgan fingerprint density at radius 2 is 1.78 bits per heavy atom. The van der Waals surface area contributed by atoms with Gasteiger partial charge in [-0.25, -0.2) is 8.42 Å². The summed E-state index contributed by atoms with van der Waals surface area (Å²) >= 11 is 0. The van der Waals surface area contributed by atoms with Crippen molar-refractivity contribution in [1.82, 2.24) is 4.31 Å². The molecule has 1 N–H and O–H groups in total. The average Bonchev–Trinajstić information content (AvgIpc) is 3.33. The summed E-state index contributed by atoms with van der Waals surface area (Å²) < 4.78 is 37.2. The van der Waals surface area contributed by atoms with Gasteiger partial charge in [0.15, 0.2) is 11.5 Å². The number of anilines is 2. The standard InChI is InChI=1S/C17H17N3O6S/c21-20(22)15-10-13(27(23,24)19-7-1-2-8-19)4-5-14(15)18-12-3-6-16-17(9-12)26-11-25-16/h3-6,9-10,18H,1-2,7-8,11H2. The first-order valence-electron chi connectivity index (χ1n) is 8.40. The number of ether oxygens (including phenoxy) is 2. The molecule has 142 valence electrons. The molecule has 0 unspecified atom stereocenters. The molecular weight excluding hydrogens is 374 g/mol. The van der Waals surface area contributed by atoms with Crippen LogP contribution >= 0.6 is 0 Å². The van der Waals surface area contributed by atoms with Gasteiger partial charge in [-0.2, -0.15) is 4.31 Å². The van der Waals surface area contributed by atoms with Crippen molar-refractivity contribution in [2.45, 2.75) is 17.7 Å². The number of hydrogen-bond acceptors (Lipinski definition) is 7. The summed E-state index contributed by atoms with van der Waals surface area (Å²) in [7, 11) is -3.73. The molecule has 0 atom stereocenters. The molecular formula is C17H17N3O6S. The number of hydrogen-bond donors (Lipinski definition) is 1. The Bertz CT molecular complexity index is 1000. The van der Waals surface area contributed by atoms with Gasteiger partial charge in [0.05, 0.1) is 9.82 Å². The van der Waals surface area contributed by atoms with E-state index in [0.29, 0.717) is 30.3 Å². The van der Waals surface area contributed by atoms with Gasteiger partial charge in [0.1, 0.15) is 5.69 Å². The summed E-state index contributed by atoms with van der Waals surface area (Å²) in [5.41, 5.74) is 0.449. The van der Waals surface area contributed by atoms with E-state index in [1.807, 2.05) is 0 Å². The maximum Gasteiger partial charge on any atom is 0.294 e. The maximum atomic E-state index is 12.7. The highest BCUT2D eigenvalue weighted by molar-refractivity contribution is 7.89. The highest BCUT2D eigenvalue weighted by Crippen LogP contribution is 2.37. The zero-order valence-corrected chi connectivity index (χ0v) is 15.1. The molecule has 0 aromatic heterocycles. The molecule has 2 aliphatic heterocycles. The normalized spacial score (nSPS) is 16.4. The Morgan fingerprint density at radius 3 is 2.52 bits per heavy atom. The average molecular weight is 391 g/mol. The molecule has 0 saturated carbocycles. The molecule has 4 rings (SSSR count). The highest BCUT2D eigenvalue weighted by atomic mass is 32.2. The number of sulfonamides is 1. The van der Waals surface area contributed by atoms with Crippen LogP contribution < -0.4 is 14.8 Å². The summed E-state index contributed by atoms with van der Waals surface area (Å²) in [4.78, 5) is 10.8. The summed E-state index contributed by atoms with van der Waals surface area (Å²) in [6.07, 6.45) is 1.59. The van der Waals surface area contributed by atoms with Crippen LogP contribution in [0, 0.1) is 10.1 Å². The van der Waals surface area contributed by atoms with Crippen molar-refractivity contribution >= 4 is 27.1 Å². The minimum Gasteiger partial charge on any atom is -0.454 e. The predicted octanol–water partition coefficient (Wildman–Crippen LogP) is 2.85. The van der Waals surface area contributed by atoms with Gasteiger partial charge in [-0.15, -0.1) is 0 Å². The minimum absolute atomic E-state index is 0.0765. The molecule has 2 aliphatic rings. The molecule has 2 heterocycles. The number of nitro benzene ring substituents is 1. The van der Waals surface area contributed by atoms with Gasteiger partial charge >= 0.3 is 0 Å². The molecule has 9 nitrogen and oxygen atoms in total. The molecule has 2 aromatic carbocycles. The van der Waals surface area contributed by atoms with Crippen LogP contribution in [0.5, 0.6) is 11.5 Å². The smallest absolute Gasteiger partial charge is 0.294 e. The van der Waals surface area contributed by atoms with Gasteiger partial charge in [0.25, 0.3) is 5.69 Å². The Labute approximate surface area is 155 Å². The van der Waals surface area contributed by atoms with E-state index in [1.54, 1.807) is 18.2 Å². The van der Waals surface area contributed by atoms with Crippen LogP contribution in [-0.2, 0) is 10.0 Å². The third kappa shape index (κ3) is 3.28. The molecule has 1 saturated heterocycles. The van der Waals surface area contributed by atoms with E-state index in [9.17, 15) is 18.5 Å². The third-order valence-electron chi connectivity index (χ3n) is 4.52. The van der Waals surface area contributed by atoms with E-state index in [-0.39, 0.29) is 23.1 Å². The fourth-order valence-corrected chi connectivity index (χ4v) is 4.67. The molecule has 1 fully saturated rings. The van der Waals surface area contributed by atoms with Gasteiger partial charge < -0.3 is 14.8 Å². The number of nitrogens with zero attached hydrogens (tertiary/aromatic N) is 2. The van der Waals surface area contributed by atoms with E-state index < -0.39 is 14.9 Å². The number of nitro groups is 1. The molecule has 0 spiro atoms. The topological polar surface area (TPSA) is 111 Å². The van der Waals surface area contributed by atoms with Crippen LogP contribution in [0.4, 0.5) is 17.1 Å². The van der Waals surface area contributed by atoms with Gasteiger partial charge in [-0.1, -0.05) is 0 Å². The lowest BCUT2D eigenvalue weighted by Gasteiger charge is -2.16. The van der Waals surface area contributed by atoms with Crippen molar-refractivity contribution < 1.29 is 22.8 Å². The highest BCUT2D eigenvalue weighted by Gasteiger charge is 2.29. The molecule has 0 bridgehead atoms. The second-order valence-electron chi connectivity index (χ2n) is 6.24. The lowest BCUT2D eigenvalue weighted by molar-refractivity contribution is -0.384. The molecule has 27 heavy (non-hydrogen) atoms. The molecule has 10 heteroatoms. The van der Waals surface area contributed by atoms with Crippen molar-refractivity contribution in [2.24, 2.45) is 0 Å². The first-order chi connectivity index (χ1) is 12.9. The third-order valence-corrected chi connectivity index (χ3v) is 6.41. The Kier molecular flexibility index (Phi) is 4.36. The molecule has 0 radical (unpaired) electrons. The van der Waals surface area contributed by atoms with Crippen LogP contribution in [0.25, 0.3) is 0 Å². The zero-order valence-electron chi connectivity index (χ0n) is 14.3. The van der Waals surface area contributed by atoms with Crippen molar-refractivity contribution in [3.05, 3.63) is 46.5 Å². The Morgan fingerprint density at radius 1 is 1.04 bits per heavy atom. The zero-order chi connectivity index (χ0) is 19.0. The quantitative estimate of drug-likeness (QED) is 0.616. The number of fused-ring (bicyclic) bond motifs is 1. The summed E-state index contributed by atoms with van der Waals surface area (Å²) in [6, 6.07) is 8.96. The van der Waals surface area contributed by atoms with Crippen molar-refractivity contribution in [3.63, 3.8) is 0 Å². The number of rotatable bonds is 5. The van der Waals surface area contributed by atoms with E-state index in [0.717, 1.165) is 18.9 Å². The van der Waals surface area contributed by atoms with E-state index in [4.69, 9.17) is 9.47 Å².